The summed E-state index contributed by atoms with van der Waals surface area (Å²) in [7, 11) is 0. The van der Waals surface area contributed by atoms with E-state index in [1.807, 2.05) is 19.9 Å². The Morgan fingerprint density at radius 2 is 0.694 bits per heavy atom. The van der Waals surface area contributed by atoms with E-state index in [1.165, 1.54) is 0 Å². The SMILES string of the molecule is CC[C@H](C)[C@H](NC(=O)[C@H](CCCN=C(N)N)NC(=O)[C@@H](NC(=O)[C@H](CCN)NC(=O)[C@@H](NC(=O)[C@@H](NC(=O)[C@H](CC(C)C)NC(=O)[C@H](CCCN=C(N)N)NC(=O)[C@@H](N)C(C)C)[C@@H](C)CC)C(C)C)C(C)C)C(=O)N[C@@H](Cc1c[nH]c2ccccc12)C(=O)N[C@@H](CCCN=C(N)N)C(=O)N[C@@H](CCCN=C(N)N)C(N)=O. The van der Waals surface area contributed by atoms with E-state index < -0.39 is 167 Å². The van der Waals surface area contributed by atoms with Crippen LogP contribution in [0.5, 0.6) is 0 Å². The van der Waals surface area contributed by atoms with Crippen molar-refractivity contribution in [1.29, 1.82) is 0 Å². The normalized spacial score (nSPS) is 15.1. The molecule has 0 bridgehead atoms. The molecule has 0 fully saturated rings. The predicted octanol–water partition coefficient (Wildman–Crippen LogP) is -4.47. The average Bonchev–Trinajstić information content (AvgIpc) is 1.75. The first-order valence-corrected chi connectivity index (χ1v) is 38.0. The highest BCUT2D eigenvalue weighted by Crippen LogP contribution is 2.21. The molecule has 1 heterocycles. The molecular formula is C72H129N27O12. The van der Waals surface area contributed by atoms with Gasteiger partial charge in [-0.2, -0.15) is 0 Å². The van der Waals surface area contributed by atoms with Gasteiger partial charge in [-0.05, 0) is 118 Å². The molecule has 34 N–H and O–H groups in total. The van der Waals surface area contributed by atoms with Gasteiger partial charge < -0.3 is 127 Å². The van der Waals surface area contributed by atoms with Gasteiger partial charge in [0.1, 0.15) is 66.5 Å². The van der Waals surface area contributed by atoms with Crippen LogP contribution in [0.3, 0.4) is 0 Å². The standard InChI is InChI=1S/C72H129N27O12/c1-13-40(11)55(67(110)95-51(34-42-35-88-44-22-16-15-21-43(42)44)62(105)90-46(24-18-30-85-70(78)79)58(101)89-45(57(75)100)23-17-29-84-69(76)77)98-60(103)48(26-20-32-87-72(82)83)92-65(108)53(38(7)8)96-61(104)49(27-28-73)93-66(109)54(39(9)10)97-68(111)56(41(12)14-2)99-63(106)50(33-36(3)4)94-59(102)47(25-19-31-86-71(80)81)91-64(107)52(74)37(5)6/h15-16,21-22,35-41,45-56,88H,13-14,17-20,23-34,73-74H2,1-12H3,(H2,75,100)(H,89,101)(H,90,105)(H,91,107)(H,92,108)(H,93,109)(H,94,102)(H,95,110)(H,96,104)(H,97,111)(H,98,103)(H,99,106)(H4,76,77,84)(H4,78,79,85)(H4,80,81,86)(H4,82,83,87)/t40-,41-,45-,46-,47-,48-,49-,50-,51-,52-,53-,54-,55-,56-/m0/s1. The van der Waals surface area contributed by atoms with Gasteiger partial charge in [-0.25, -0.2) is 0 Å². The molecule has 39 heteroatoms. The molecular weight excluding hydrogens is 1430 g/mol. The van der Waals surface area contributed by atoms with Crippen LogP contribution in [0, 0.1) is 35.5 Å². The lowest BCUT2D eigenvalue weighted by Gasteiger charge is -2.31. The molecule has 0 saturated carbocycles. The number of carbonyl (C=O) groups excluding carboxylic acids is 12. The first kappa shape index (κ1) is 96.5. The first-order chi connectivity index (χ1) is 52.2. The Hall–Kier alpha value is -10.6. The number of hydrogen-bond acceptors (Lipinski definition) is 18. The molecule has 111 heavy (non-hydrogen) atoms. The summed E-state index contributed by atoms with van der Waals surface area (Å²) >= 11 is 0. The molecule has 2 rings (SSSR count). The van der Waals surface area contributed by atoms with Gasteiger partial charge in [0.05, 0.1) is 6.04 Å². The van der Waals surface area contributed by atoms with Gasteiger partial charge in [-0.15, -0.1) is 0 Å². The number of aromatic nitrogens is 1. The number of para-hydroxylation sites is 1. The minimum atomic E-state index is -1.45. The third-order valence-corrected chi connectivity index (χ3v) is 18.6. The molecule has 0 aliphatic carbocycles. The summed E-state index contributed by atoms with van der Waals surface area (Å²) < 4.78 is 0. The maximum absolute atomic E-state index is 15.0. The maximum Gasteiger partial charge on any atom is 0.243 e. The Labute approximate surface area is 650 Å². The van der Waals surface area contributed by atoms with Crippen molar-refractivity contribution in [3.63, 3.8) is 0 Å². The van der Waals surface area contributed by atoms with Gasteiger partial charge in [0.15, 0.2) is 23.8 Å². The summed E-state index contributed by atoms with van der Waals surface area (Å²) in [5.41, 5.74) is 63.5. The molecule has 624 valence electrons. The number of rotatable bonds is 52. The molecule has 0 radical (unpaired) electrons. The number of benzene rings is 1. The van der Waals surface area contributed by atoms with Crippen molar-refractivity contribution < 1.29 is 57.5 Å². The fourth-order valence-corrected chi connectivity index (χ4v) is 11.6. The van der Waals surface area contributed by atoms with Crippen molar-refractivity contribution >= 4 is 106 Å². The Bertz CT molecular complexity index is 3490. The van der Waals surface area contributed by atoms with Crippen LogP contribution in [0.4, 0.5) is 0 Å². The van der Waals surface area contributed by atoms with Crippen molar-refractivity contribution in [2.75, 3.05) is 32.7 Å². The van der Waals surface area contributed by atoms with Crippen molar-refractivity contribution in [2.45, 2.75) is 239 Å². The van der Waals surface area contributed by atoms with Crippen molar-refractivity contribution in [2.24, 2.45) is 119 Å². The molecule has 0 aliphatic heterocycles. The summed E-state index contributed by atoms with van der Waals surface area (Å²) in [6, 6.07) is -8.40. The van der Waals surface area contributed by atoms with Crippen LogP contribution in [0.1, 0.15) is 166 Å². The smallest absolute Gasteiger partial charge is 0.243 e. The summed E-state index contributed by atoms with van der Waals surface area (Å²) in [5.74, 6) is -13.3. The lowest BCUT2D eigenvalue weighted by molar-refractivity contribution is -0.137. The number of fused-ring (bicyclic) bond motifs is 1. The van der Waals surface area contributed by atoms with Gasteiger partial charge in [0, 0.05) is 49.7 Å². The van der Waals surface area contributed by atoms with Crippen molar-refractivity contribution in [1.82, 2.24) is 63.5 Å². The number of aliphatic imine (C=N–C) groups is 4. The van der Waals surface area contributed by atoms with Crippen LogP contribution in [0.25, 0.3) is 10.9 Å². The molecule has 12 amide bonds. The van der Waals surface area contributed by atoms with Gasteiger partial charge >= 0.3 is 0 Å². The molecule has 14 atom stereocenters. The highest BCUT2D eigenvalue weighted by atomic mass is 16.2. The fraction of sp³-hybridized carbons (Fsp3) is 0.667. The maximum atomic E-state index is 15.0. The lowest BCUT2D eigenvalue weighted by Crippen LogP contribution is -2.62. The lowest BCUT2D eigenvalue weighted by atomic mass is 9.95. The third-order valence-electron chi connectivity index (χ3n) is 18.6. The minimum absolute atomic E-state index is 0.00440. The number of amides is 12. The second-order valence-corrected chi connectivity index (χ2v) is 29.4. The number of carbonyl (C=O) groups is 12. The number of guanidine groups is 4. The molecule has 0 unspecified atom stereocenters. The second-order valence-electron chi connectivity index (χ2n) is 29.4. The van der Waals surface area contributed by atoms with Gasteiger partial charge in [0.2, 0.25) is 70.9 Å². The Morgan fingerprint density at radius 1 is 0.378 bits per heavy atom. The van der Waals surface area contributed by atoms with Crippen LogP contribution in [0.15, 0.2) is 50.4 Å². The molecule has 0 aliphatic rings. The van der Waals surface area contributed by atoms with Gasteiger partial charge in [-0.1, -0.05) is 114 Å². The van der Waals surface area contributed by atoms with E-state index in [1.54, 1.807) is 93.6 Å². The predicted molar refractivity (Wildman–Crippen MR) is 427 cm³/mol. The Kier molecular flexibility index (Phi) is 43.0. The number of H-pyrrole nitrogens is 1. The average molecular weight is 1570 g/mol. The molecule has 2 aromatic rings. The molecule has 0 spiro atoms. The van der Waals surface area contributed by atoms with E-state index in [4.69, 9.17) is 63.1 Å². The van der Waals surface area contributed by atoms with E-state index in [0.29, 0.717) is 29.3 Å². The van der Waals surface area contributed by atoms with Gasteiger partial charge in [0.25, 0.3) is 0 Å². The first-order valence-electron chi connectivity index (χ1n) is 38.0. The zero-order valence-corrected chi connectivity index (χ0v) is 66.5. The van der Waals surface area contributed by atoms with Crippen LogP contribution in [-0.2, 0) is 64.0 Å². The third kappa shape index (κ3) is 34.9. The summed E-state index contributed by atoms with van der Waals surface area (Å²) in [6.45, 7) is 20.8. The number of nitrogens with two attached hydrogens (primary N) is 11. The topological polar surface area (TPSA) is 689 Å². The number of nitrogens with one attached hydrogen (secondary N) is 12. The fourth-order valence-electron chi connectivity index (χ4n) is 11.6. The zero-order chi connectivity index (χ0) is 83.9. The number of primary amides is 1. The van der Waals surface area contributed by atoms with Crippen LogP contribution in [-0.4, -0.2) is 205 Å². The highest BCUT2D eigenvalue weighted by molar-refractivity contribution is 6.00. The second kappa shape index (κ2) is 49.5. The van der Waals surface area contributed by atoms with Crippen molar-refractivity contribution in [3.05, 3.63) is 36.0 Å². The summed E-state index contributed by atoms with van der Waals surface area (Å²) in [5, 5.41) is 30.8. The van der Waals surface area contributed by atoms with E-state index in [0.717, 1.165) is 0 Å². The number of hydrogen-bond donors (Lipinski definition) is 23. The molecule has 39 nitrogen and oxygen atoms in total. The Balaban J connectivity index is 2.57. The molecule has 1 aromatic carbocycles. The Morgan fingerprint density at radius 3 is 1.08 bits per heavy atom. The summed E-state index contributed by atoms with van der Waals surface area (Å²) in [4.78, 5) is 190. The monoisotopic (exact) mass is 1560 g/mol. The van der Waals surface area contributed by atoms with E-state index >= 15 is 0 Å². The van der Waals surface area contributed by atoms with Crippen LogP contribution >= 0.6 is 0 Å². The van der Waals surface area contributed by atoms with E-state index in [-0.39, 0.29) is 139 Å². The number of aromatic amines is 1. The summed E-state index contributed by atoms with van der Waals surface area (Å²) in [6.07, 6.45) is 2.78. The number of nitrogens with zero attached hydrogens (tertiary/aromatic N) is 4. The molecule has 0 saturated heterocycles. The van der Waals surface area contributed by atoms with Gasteiger partial charge in [-0.3, -0.25) is 77.5 Å². The van der Waals surface area contributed by atoms with E-state index in [9.17, 15) is 57.5 Å². The minimum Gasteiger partial charge on any atom is -0.370 e. The van der Waals surface area contributed by atoms with E-state index in [2.05, 4.69) is 83.4 Å². The largest absolute Gasteiger partial charge is 0.370 e. The van der Waals surface area contributed by atoms with Crippen LogP contribution in [0.2, 0.25) is 0 Å². The van der Waals surface area contributed by atoms with Crippen molar-refractivity contribution in [3.8, 4) is 0 Å². The highest BCUT2D eigenvalue weighted by Gasteiger charge is 2.40. The molecule has 1 aromatic heterocycles. The zero-order valence-electron chi connectivity index (χ0n) is 66.5. The quantitative estimate of drug-likeness (QED) is 0.0169. The van der Waals surface area contributed by atoms with Crippen LogP contribution < -0.4 is 122 Å².